The van der Waals surface area contributed by atoms with Crippen LogP contribution in [0.5, 0.6) is 5.75 Å². The number of hydrogen-bond acceptors (Lipinski definition) is 4. The third-order valence-electron chi connectivity index (χ3n) is 6.79. The van der Waals surface area contributed by atoms with Crippen LogP contribution >= 0.6 is 11.3 Å². The van der Waals surface area contributed by atoms with Gasteiger partial charge in [-0.1, -0.05) is 55.0 Å². The zero-order valence-electron chi connectivity index (χ0n) is 20.8. The van der Waals surface area contributed by atoms with Crippen molar-refractivity contribution in [1.82, 2.24) is 9.80 Å². The van der Waals surface area contributed by atoms with E-state index >= 15 is 0 Å². The lowest BCUT2D eigenvalue weighted by Gasteiger charge is -2.38. The van der Waals surface area contributed by atoms with Gasteiger partial charge < -0.3 is 14.5 Å². The Kier molecular flexibility index (Phi) is 8.24. The summed E-state index contributed by atoms with van der Waals surface area (Å²) >= 11 is 1.74. The summed E-state index contributed by atoms with van der Waals surface area (Å²) in [5.74, 6) is 0.755. The molecule has 1 aliphatic heterocycles. The Hall–Kier alpha value is -3.12. The standard InChI is InChI=1S/C29H34N2O3S/c1-4-22(3)31(28(32)18-23-8-6-5-7-9-23)19-29(33)30-16-14-27-25(15-17-35-27)26(30)20-34-24-12-10-21(2)11-13-24/h5-13,15,17,22,26H,4,14,16,18-20H2,1-3H3. The van der Waals surface area contributed by atoms with E-state index in [9.17, 15) is 9.59 Å². The first-order chi connectivity index (χ1) is 17.0. The summed E-state index contributed by atoms with van der Waals surface area (Å²) in [6, 6.07) is 19.6. The summed E-state index contributed by atoms with van der Waals surface area (Å²) in [4.78, 5) is 31.9. The van der Waals surface area contributed by atoms with Crippen molar-refractivity contribution in [1.29, 1.82) is 0 Å². The molecule has 3 aromatic rings. The average Bonchev–Trinajstić information content (AvgIpc) is 3.36. The molecule has 2 amide bonds. The van der Waals surface area contributed by atoms with Gasteiger partial charge in [-0.2, -0.15) is 0 Å². The highest BCUT2D eigenvalue weighted by Gasteiger charge is 2.34. The molecule has 0 saturated heterocycles. The minimum absolute atomic E-state index is 0.0143. The molecule has 35 heavy (non-hydrogen) atoms. The van der Waals surface area contributed by atoms with Gasteiger partial charge in [0.1, 0.15) is 18.9 Å². The van der Waals surface area contributed by atoms with Crippen molar-refractivity contribution in [2.75, 3.05) is 19.7 Å². The van der Waals surface area contributed by atoms with Crippen molar-refractivity contribution >= 4 is 23.2 Å². The van der Waals surface area contributed by atoms with Crippen molar-refractivity contribution in [3.05, 3.63) is 87.6 Å². The lowest BCUT2D eigenvalue weighted by molar-refractivity contribution is -0.144. The van der Waals surface area contributed by atoms with Gasteiger partial charge in [0.05, 0.1) is 12.5 Å². The van der Waals surface area contributed by atoms with Gasteiger partial charge in [0.15, 0.2) is 0 Å². The topological polar surface area (TPSA) is 49.9 Å². The van der Waals surface area contributed by atoms with E-state index in [-0.39, 0.29) is 30.4 Å². The molecule has 184 valence electrons. The molecule has 0 radical (unpaired) electrons. The monoisotopic (exact) mass is 490 g/mol. The van der Waals surface area contributed by atoms with Crippen LogP contribution in [0, 0.1) is 6.92 Å². The van der Waals surface area contributed by atoms with Crippen LogP contribution in [0.4, 0.5) is 0 Å². The number of nitrogens with zero attached hydrogens (tertiary/aromatic N) is 2. The van der Waals surface area contributed by atoms with Crippen LogP contribution in [0.1, 0.15) is 47.9 Å². The van der Waals surface area contributed by atoms with Crippen LogP contribution < -0.4 is 4.74 Å². The molecule has 2 aromatic carbocycles. The quantitative estimate of drug-likeness (QED) is 0.402. The van der Waals surface area contributed by atoms with E-state index in [1.807, 2.05) is 73.3 Å². The predicted octanol–water partition coefficient (Wildman–Crippen LogP) is 5.43. The molecular formula is C29H34N2O3S. The molecule has 1 aliphatic rings. The number of rotatable bonds is 9. The van der Waals surface area contributed by atoms with Crippen LogP contribution in [-0.2, 0) is 22.4 Å². The first kappa shape index (κ1) is 25.0. The Morgan fingerprint density at radius 2 is 1.86 bits per heavy atom. The van der Waals surface area contributed by atoms with E-state index in [2.05, 4.69) is 18.4 Å². The fourth-order valence-corrected chi connectivity index (χ4v) is 5.43. The molecule has 5 nitrogen and oxygen atoms in total. The number of carbonyl (C=O) groups excluding carboxylic acids is 2. The maximum absolute atomic E-state index is 13.7. The van der Waals surface area contributed by atoms with E-state index in [1.54, 1.807) is 16.2 Å². The number of carbonyl (C=O) groups is 2. The van der Waals surface area contributed by atoms with Gasteiger partial charge in [0.25, 0.3) is 0 Å². The van der Waals surface area contributed by atoms with Crippen LogP contribution in [0.2, 0.25) is 0 Å². The number of benzene rings is 2. The number of hydrogen-bond donors (Lipinski definition) is 0. The molecule has 1 aromatic heterocycles. The van der Waals surface area contributed by atoms with Crippen molar-refractivity contribution in [3.63, 3.8) is 0 Å². The highest BCUT2D eigenvalue weighted by Crippen LogP contribution is 2.34. The Balaban J connectivity index is 1.50. The Morgan fingerprint density at radius 3 is 2.57 bits per heavy atom. The lowest BCUT2D eigenvalue weighted by atomic mass is 10.00. The van der Waals surface area contributed by atoms with Crippen molar-refractivity contribution < 1.29 is 14.3 Å². The van der Waals surface area contributed by atoms with E-state index in [4.69, 9.17) is 4.74 Å². The molecule has 0 aliphatic carbocycles. The van der Waals surface area contributed by atoms with E-state index < -0.39 is 0 Å². The summed E-state index contributed by atoms with van der Waals surface area (Å²) in [5.41, 5.74) is 3.30. The summed E-state index contributed by atoms with van der Waals surface area (Å²) in [6.07, 6.45) is 1.93. The molecule has 2 unspecified atom stereocenters. The normalized spacial score (nSPS) is 15.9. The highest BCUT2D eigenvalue weighted by atomic mass is 32.1. The van der Waals surface area contributed by atoms with E-state index in [0.29, 0.717) is 19.6 Å². The van der Waals surface area contributed by atoms with Gasteiger partial charge in [0.2, 0.25) is 11.8 Å². The Labute approximate surface area is 212 Å². The molecule has 2 atom stereocenters. The summed E-state index contributed by atoms with van der Waals surface area (Å²) in [5, 5.41) is 2.09. The predicted molar refractivity (Wildman–Crippen MR) is 141 cm³/mol. The summed E-state index contributed by atoms with van der Waals surface area (Å²) in [7, 11) is 0. The fourth-order valence-electron chi connectivity index (χ4n) is 4.50. The minimum atomic E-state index is -0.165. The number of ether oxygens (including phenoxy) is 1. The second-order valence-corrected chi connectivity index (χ2v) is 10.2. The first-order valence-corrected chi connectivity index (χ1v) is 13.2. The second-order valence-electron chi connectivity index (χ2n) is 9.22. The number of amides is 2. The van der Waals surface area contributed by atoms with Crippen LogP contribution in [-0.4, -0.2) is 47.4 Å². The van der Waals surface area contributed by atoms with E-state index in [0.717, 1.165) is 29.7 Å². The highest BCUT2D eigenvalue weighted by molar-refractivity contribution is 7.10. The lowest BCUT2D eigenvalue weighted by Crippen LogP contribution is -2.50. The van der Waals surface area contributed by atoms with E-state index in [1.165, 1.54) is 10.4 Å². The smallest absolute Gasteiger partial charge is 0.242 e. The molecule has 0 bridgehead atoms. The summed E-state index contributed by atoms with van der Waals surface area (Å²) in [6.45, 7) is 7.22. The second kappa shape index (κ2) is 11.5. The molecule has 6 heteroatoms. The molecule has 0 N–H and O–H groups in total. The van der Waals surface area contributed by atoms with Gasteiger partial charge in [0, 0.05) is 17.5 Å². The van der Waals surface area contributed by atoms with Crippen molar-refractivity contribution in [3.8, 4) is 5.75 Å². The SMILES string of the molecule is CCC(C)N(CC(=O)N1CCc2sccc2C1COc1ccc(C)cc1)C(=O)Cc1ccccc1. The van der Waals surface area contributed by atoms with Crippen molar-refractivity contribution in [2.45, 2.75) is 52.1 Å². The third-order valence-corrected chi connectivity index (χ3v) is 7.79. The minimum Gasteiger partial charge on any atom is -0.491 e. The van der Waals surface area contributed by atoms with Crippen LogP contribution in [0.25, 0.3) is 0 Å². The van der Waals surface area contributed by atoms with Gasteiger partial charge >= 0.3 is 0 Å². The maximum atomic E-state index is 13.7. The first-order valence-electron chi connectivity index (χ1n) is 12.3. The van der Waals surface area contributed by atoms with Crippen LogP contribution in [0.15, 0.2) is 66.0 Å². The average molecular weight is 491 g/mol. The molecule has 0 fully saturated rings. The number of fused-ring (bicyclic) bond motifs is 1. The van der Waals surface area contributed by atoms with Gasteiger partial charge in [-0.05, 0) is 61.4 Å². The van der Waals surface area contributed by atoms with Gasteiger partial charge in [-0.3, -0.25) is 9.59 Å². The van der Waals surface area contributed by atoms with Gasteiger partial charge in [-0.25, -0.2) is 0 Å². The zero-order chi connectivity index (χ0) is 24.8. The maximum Gasteiger partial charge on any atom is 0.242 e. The largest absolute Gasteiger partial charge is 0.491 e. The van der Waals surface area contributed by atoms with Crippen molar-refractivity contribution in [2.24, 2.45) is 0 Å². The zero-order valence-corrected chi connectivity index (χ0v) is 21.6. The van der Waals surface area contributed by atoms with Crippen LogP contribution in [0.3, 0.4) is 0 Å². The molecular weight excluding hydrogens is 456 g/mol. The Morgan fingerprint density at radius 1 is 1.11 bits per heavy atom. The molecule has 0 saturated carbocycles. The summed E-state index contributed by atoms with van der Waals surface area (Å²) < 4.78 is 6.14. The number of aryl methyl sites for hydroxylation is 1. The molecule has 4 rings (SSSR count). The molecule has 0 spiro atoms. The molecule has 2 heterocycles. The Bertz CT molecular complexity index is 1130. The number of thiophene rings is 1. The van der Waals surface area contributed by atoms with Gasteiger partial charge in [-0.15, -0.1) is 11.3 Å². The fraction of sp³-hybridized carbons (Fsp3) is 0.379. The third kappa shape index (κ3) is 6.12.